The summed E-state index contributed by atoms with van der Waals surface area (Å²) in [7, 11) is 3.61. The van der Waals surface area contributed by atoms with E-state index in [2.05, 4.69) is 35.8 Å². The lowest BCUT2D eigenvalue weighted by molar-refractivity contribution is -0.172. The van der Waals surface area contributed by atoms with Crippen molar-refractivity contribution in [3.63, 3.8) is 0 Å². The molecule has 0 radical (unpaired) electrons. The predicted octanol–water partition coefficient (Wildman–Crippen LogP) is 5.29. The number of ether oxygens (including phenoxy) is 2. The molecule has 0 spiro atoms. The molecular formula is C29H42Cl2FN3O4. The van der Waals surface area contributed by atoms with Crippen LogP contribution in [0.25, 0.3) is 11.0 Å². The van der Waals surface area contributed by atoms with Gasteiger partial charge in [-0.1, -0.05) is 32.0 Å². The maximum Gasteiger partial charge on any atom is 0.332 e. The highest BCUT2D eigenvalue weighted by atomic mass is 35.5. The van der Waals surface area contributed by atoms with Gasteiger partial charge in [-0.15, -0.1) is 24.8 Å². The fourth-order valence-corrected chi connectivity index (χ4v) is 5.80. The van der Waals surface area contributed by atoms with Gasteiger partial charge in [0.1, 0.15) is 23.8 Å². The first-order chi connectivity index (χ1) is 17.3. The van der Waals surface area contributed by atoms with Crippen LogP contribution in [-0.4, -0.2) is 65.8 Å². The summed E-state index contributed by atoms with van der Waals surface area (Å²) in [6, 6.07) is 13.1. The summed E-state index contributed by atoms with van der Waals surface area (Å²) in [6.45, 7) is 5.93. The van der Waals surface area contributed by atoms with Crippen molar-refractivity contribution >= 4 is 41.8 Å². The highest BCUT2D eigenvalue weighted by Gasteiger charge is 2.47. The Balaban J connectivity index is 0.00000253. The van der Waals surface area contributed by atoms with Crippen LogP contribution in [-0.2, 0) is 27.1 Å². The van der Waals surface area contributed by atoms with Gasteiger partial charge in [-0.05, 0) is 74.2 Å². The highest BCUT2D eigenvalue weighted by molar-refractivity contribution is 5.85. The summed E-state index contributed by atoms with van der Waals surface area (Å²) >= 11 is 0. The average Bonchev–Trinajstić information content (AvgIpc) is 3.25. The van der Waals surface area contributed by atoms with E-state index in [0.717, 1.165) is 53.9 Å². The lowest BCUT2D eigenvalue weighted by Gasteiger charge is -2.47. The van der Waals surface area contributed by atoms with E-state index in [1.165, 1.54) is 13.2 Å². The number of aromatic amines is 1. The van der Waals surface area contributed by atoms with E-state index in [1.54, 1.807) is 6.07 Å². The molecule has 0 bridgehead atoms. The number of carbonyl (C=O) groups excluding carboxylic acids is 1. The van der Waals surface area contributed by atoms with Gasteiger partial charge >= 0.3 is 5.97 Å². The molecule has 3 aromatic rings. The van der Waals surface area contributed by atoms with E-state index >= 15 is 0 Å². The maximum atomic E-state index is 14.0. The quantitative estimate of drug-likeness (QED) is 0.308. The number of benzene rings is 2. The van der Waals surface area contributed by atoms with Crippen LogP contribution in [0.2, 0.25) is 0 Å². The monoisotopic (exact) mass is 585 g/mol. The molecule has 218 valence electrons. The predicted molar refractivity (Wildman–Crippen MR) is 158 cm³/mol. The van der Waals surface area contributed by atoms with E-state index in [4.69, 9.17) is 9.47 Å². The number of halogens is 3. The minimum atomic E-state index is -0.651. The summed E-state index contributed by atoms with van der Waals surface area (Å²) in [6.07, 6.45) is 3.92. The molecule has 1 aliphatic carbocycles. The molecule has 1 aliphatic rings. The topological polar surface area (TPSA) is 99.0 Å². The Hall–Kier alpha value is -2.23. The molecule has 4 rings (SSSR count). The largest absolute Gasteiger partial charge is 0.457 e. The van der Waals surface area contributed by atoms with Gasteiger partial charge in [0.25, 0.3) is 0 Å². The first-order valence-corrected chi connectivity index (χ1v) is 12.9. The van der Waals surface area contributed by atoms with Crippen molar-refractivity contribution in [3.05, 3.63) is 65.2 Å². The normalized spacial score (nSPS) is 18.2. The third-order valence-electron chi connectivity index (χ3n) is 7.38. The molecule has 7 nitrogen and oxygen atoms in total. The van der Waals surface area contributed by atoms with E-state index < -0.39 is 5.60 Å². The highest BCUT2D eigenvalue weighted by Crippen LogP contribution is 2.48. The molecule has 0 amide bonds. The van der Waals surface area contributed by atoms with Crippen molar-refractivity contribution < 1.29 is 24.1 Å². The van der Waals surface area contributed by atoms with Gasteiger partial charge < -0.3 is 24.8 Å². The Labute approximate surface area is 243 Å². The van der Waals surface area contributed by atoms with Crippen LogP contribution in [0.3, 0.4) is 0 Å². The Morgan fingerprint density at radius 1 is 1.21 bits per heavy atom. The Morgan fingerprint density at radius 2 is 1.95 bits per heavy atom. The van der Waals surface area contributed by atoms with Crippen LogP contribution >= 0.6 is 24.8 Å². The summed E-state index contributed by atoms with van der Waals surface area (Å²) in [5.74, 6) is 0.658. The maximum absolute atomic E-state index is 14.0. The number of hydrogen-bond donors (Lipinski definition) is 1. The Morgan fingerprint density at radius 3 is 2.64 bits per heavy atom. The lowest BCUT2D eigenvalue weighted by Crippen LogP contribution is -2.49. The van der Waals surface area contributed by atoms with Crippen molar-refractivity contribution in [1.82, 2.24) is 14.9 Å². The van der Waals surface area contributed by atoms with Gasteiger partial charge in [0.2, 0.25) is 0 Å². The third-order valence-corrected chi connectivity index (χ3v) is 7.38. The molecule has 39 heavy (non-hydrogen) atoms. The number of para-hydroxylation sites is 2. The molecule has 2 aromatic carbocycles. The fourth-order valence-electron chi connectivity index (χ4n) is 5.80. The van der Waals surface area contributed by atoms with E-state index in [1.807, 2.05) is 30.3 Å². The number of aryl methyl sites for hydroxylation is 2. The minimum absolute atomic E-state index is 0. The molecule has 0 saturated heterocycles. The Bertz CT molecular complexity index is 1160. The standard InChI is InChI=1S/C29H38FN3O3.2ClH.H2O/c1-20(2)28-23-12-11-22(30)18-21(23)13-14-29(28,36-27(34)19-35-4)15-17-33(3)16-7-10-26-31-24-8-5-6-9-25(24)32-26;;;/h5-6,8-9,11-12,18,20,28H,7,10,13-17,19H2,1-4H3,(H,31,32);2*1H;1H2/t28-,29-;;;/m0.../s1. The number of methoxy groups -OCH3 is 1. The summed E-state index contributed by atoms with van der Waals surface area (Å²) < 4.78 is 25.3. The summed E-state index contributed by atoms with van der Waals surface area (Å²) in [5.41, 5.74) is 3.53. The van der Waals surface area contributed by atoms with Crippen molar-refractivity contribution in [2.45, 2.75) is 57.5 Å². The van der Waals surface area contributed by atoms with Crippen molar-refractivity contribution in [3.8, 4) is 0 Å². The van der Waals surface area contributed by atoms with Crippen LogP contribution in [0.15, 0.2) is 42.5 Å². The van der Waals surface area contributed by atoms with Crippen LogP contribution in [0.5, 0.6) is 0 Å². The molecular weight excluding hydrogens is 544 g/mol. The van der Waals surface area contributed by atoms with Gasteiger partial charge in [-0.25, -0.2) is 14.2 Å². The Kier molecular flexibility index (Phi) is 13.9. The number of nitrogens with one attached hydrogen (secondary N) is 1. The molecule has 1 heterocycles. The third kappa shape index (κ3) is 8.38. The summed E-state index contributed by atoms with van der Waals surface area (Å²) in [5, 5.41) is 0. The zero-order chi connectivity index (χ0) is 25.7. The van der Waals surface area contributed by atoms with E-state index in [9.17, 15) is 9.18 Å². The number of carbonyl (C=O) groups is 1. The van der Waals surface area contributed by atoms with Crippen LogP contribution in [0.4, 0.5) is 4.39 Å². The number of aromatic nitrogens is 2. The van der Waals surface area contributed by atoms with Gasteiger partial charge in [-0.2, -0.15) is 0 Å². The summed E-state index contributed by atoms with van der Waals surface area (Å²) in [4.78, 5) is 23.0. The number of hydrogen-bond acceptors (Lipinski definition) is 5. The minimum Gasteiger partial charge on any atom is -0.457 e. The lowest BCUT2D eigenvalue weighted by atomic mass is 9.65. The van der Waals surface area contributed by atoms with Gasteiger partial charge in [0.05, 0.1) is 11.0 Å². The zero-order valence-corrected chi connectivity index (χ0v) is 24.8. The number of imidazole rings is 1. The fraction of sp³-hybridized carbons (Fsp3) is 0.517. The van der Waals surface area contributed by atoms with Gasteiger partial charge in [0.15, 0.2) is 0 Å². The molecule has 3 N–H and O–H groups in total. The van der Waals surface area contributed by atoms with E-state index in [0.29, 0.717) is 19.3 Å². The second-order valence-corrected chi connectivity index (χ2v) is 10.4. The average molecular weight is 587 g/mol. The number of esters is 1. The molecule has 0 aliphatic heterocycles. The van der Waals surface area contributed by atoms with Crippen LogP contribution < -0.4 is 0 Å². The number of rotatable bonds is 11. The molecule has 0 saturated carbocycles. The number of nitrogens with zero attached hydrogens (tertiary/aromatic N) is 2. The van der Waals surface area contributed by atoms with Crippen molar-refractivity contribution in [2.75, 3.05) is 33.9 Å². The molecule has 1 aromatic heterocycles. The van der Waals surface area contributed by atoms with Gasteiger partial charge in [-0.3, -0.25) is 0 Å². The molecule has 0 fully saturated rings. The first-order valence-electron chi connectivity index (χ1n) is 12.9. The number of fused-ring (bicyclic) bond motifs is 2. The van der Waals surface area contributed by atoms with Crippen LogP contribution in [0, 0.1) is 11.7 Å². The molecule has 10 heteroatoms. The second kappa shape index (κ2) is 15.5. The van der Waals surface area contributed by atoms with Gasteiger partial charge in [0, 0.05) is 32.4 Å². The van der Waals surface area contributed by atoms with Crippen LogP contribution in [0.1, 0.15) is 56.0 Å². The van der Waals surface area contributed by atoms with Crippen molar-refractivity contribution in [1.29, 1.82) is 0 Å². The zero-order valence-electron chi connectivity index (χ0n) is 23.2. The van der Waals surface area contributed by atoms with Crippen molar-refractivity contribution in [2.24, 2.45) is 5.92 Å². The smallest absolute Gasteiger partial charge is 0.332 e. The second-order valence-electron chi connectivity index (χ2n) is 10.4. The molecule has 2 atom stereocenters. The van der Waals surface area contributed by atoms with E-state index in [-0.39, 0.29) is 60.5 Å². The molecule has 0 unspecified atom stereocenters. The first kappa shape index (κ1) is 34.8. The number of H-pyrrole nitrogens is 1. The SMILES string of the molecule is COCC(=O)O[C@]1(CCN(C)CCCc2nc3ccccc3[nH]2)CCc2cc(F)ccc2[C@@H]1C(C)C.Cl.Cl.O.